The first-order chi connectivity index (χ1) is 9.11. The summed E-state index contributed by atoms with van der Waals surface area (Å²) in [5.41, 5.74) is 1.72. The molecule has 1 aliphatic carbocycles. The van der Waals surface area contributed by atoms with E-state index < -0.39 is 0 Å². The number of aryl methyl sites for hydroxylation is 1. The molecule has 102 valence electrons. The van der Waals surface area contributed by atoms with E-state index in [1.54, 1.807) is 16.2 Å². The van der Waals surface area contributed by atoms with Gasteiger partial charge in [0, 0.05) is 22.7 Å². The second-order valence-electron chi connectivity index (χ2n) is 4.83. The number of amides is 1. The number of rotatable bonds is 2. The summed E-state index contributed by atoms with van der Waals surface area (Å²) in [6.45, 7) is 0.627. The molecule has 0 spiro atoms. The Morgan fingerprint density at radius 2 is 2.26 bits per heavy atom. The largest absolute Gasteiger partial charge is 0.465 e. The molecule has 0 saturated carbocycles. The molecule has 0 N–H and O–H groups in total. The van der Waals surface area contributed by atoms with Gasteiger partial charge in [-0.2, -0.15) is 0 Å². The standard InChI is InChI=1S/C13H14BrNO3S/c1-18-13(17)11-8-3-2-4-9(8)19-12(11)15-6-7(14)5-10(15)16/h7H,2-6H2,1H3. The second kappa shape index (κ2) is 4.90. The molecule has 1 saturated heterocycles. The van der Waals surface area contributed by atoms with E-state index in [1.165, 1.54) is 12.0 Å². The number of nitrogens with zero attached hydrogens (tertiary/aromatic N) is 1. The number of ether oxygens (including phenoxy) is 1. The van der Waals surface area contributed by atoms with E-state index in [0.29, 0.717) is 18.5 Å². The van der Waals surface area contributed by atoms with Crippen molar-refractivity contribution in [3.05, 3.63) is 16.0 Å². The summed E-state index contributed by atoms with van der Waals surface area (Å²) in [7, 11) is 1.39. The van der Waals surface area contributed by atoms with Crippen molar-refractivity contribution in [3.63, 3.8) is 0 Å². The highest BCUT2D eigenvalue weighted by Crippen LogP contribution is 2.43. The van der Waals surface area contributed by atoms with Crippen LogP contribution in [-0.4, -0.2) is 30.4 Å². The third kappa shape index (κ3) is 2.10. The zero-order valence-electron chi connectivity index (χ0n) is 10.6. The van der Waals surface area contributed by atoms with Gasteiger partial charge in [0.2, 0.25) is 5.91 Å². The van der Waals surface area contributed by atoms with E-state index in [0.717, 1.165) is 29.8 Å². The molecule has 1 amide bonds. The van der Waals surface area contributed by atoms with Gasteiger partial charge >= 0.3 is 5.97 Å². The molecular formula is C13H14BrNO3S. The van der Waals surface area contributed by atoms with Gasteiger partial charge in [-0.15, -0.1) is 11.3 Å². The lowest BCUT2D eigenvalue weighted by atomic mass is 10.1. The number of hydrogen-bond acceptors (Lipinski definition) is 4. The fraction of sp³-hybridized carbons (Fsp3) is 0.538. The number of esters is 1. The van der Waals surface area contributed by atoms with Gasteiger partial charge in [-0.1, -0.05) is 15.9 Å². The molecule has 1 aromatic rings. The molecule has 2 heterocycles. The van der Waals surface area contributed by atoms with Crippen LogP contribution in [0.2, 0.25) is 0 Å². The summed E-state index contributed by atoms with van der Waals surface area (Å²) in [5.74, 6) is -0.243. The van der Waals surface area contributed by atoms with Gasteiger partial charge < -0.3 is 9.64 Å². The predicted octanol–water partition coefficient (Wildman–Crippen LogP) is 2.52. The SMILES string of the molecule is COC(=O)c1c(N2CC(Br)CC2=O)sc2c1CCC2. The van der Waals surface area contributed by atoms with Crippen LogP contribution in [0.25, 0.3) is 0 Å². The number of alkyl halides is 1. The third-order valence-electron chi connectivity index (χ3n) is 3.62. The van der Waals surface area contributed by atoms with Crippen LogP contribution in [0.3, 0.4) is 0 Å². The van der Waals surface area contributed by atoms with Crippen LogP contribution in [0.4, 0.5) is 5.00 Å². The normalized spacial score (nSPS) is 21.9. The molecular weight excluding hydrogens is 330 g/mol. The quantitative estimate of drug-likeness (QED) is 0.612. The van der Waals surface area contributed by atoms with Crippen molar-refractivity contribution in [1.82, 2.24) is 0 Å². The molecule has 3 rings (SSSR count). The van der Waals surface area contributed by atoms with E-state index in [9.17, 15) is 9.59 Å². The highest BCUT2D eigenvalue weighted by molar-refractivity contribution is 9.09. The van der Waals surface area contributed by atoms with E-state index >= 15 is 0 Å². The molecule has 1 aromatic heterocycles. The second-order valence-corrected chi connectivity index (χ2v) is 7.21. The first kappa shape index (κ1) is 13.1. The molecule has 4 nitrogen and oxygen atoms in total. The van der Waals surface area contributed by atoms with Crippen LogP contribution in [0.1, 0.15) is 33.6 Å². The van der Waals surface area contributed by atoms with Crippen molar-refractivity contribution >= 4 is 44.1 Å². The van der Waals surface area contributed by atoms with E-state index in [4.69, 9.17) is 4.74 Å². The number of methoxy groups -OCH3 is 1. The maximum atomic E-state index is 12.0. The van der Waals surface area contributed by atoms with Gasteiger partial charge in [0.1, 0.15) is 5.00 Å². The van der Waals surface area contributed by atoms with Gasteiger partial charge in [0.25, 0.3) is 0 Å². The minimum absolute atomic E-state index is 0.0759. The highest BCUT2D eigenvalue weighted by Gasteiger charge is 2.36. The Morgan fingerprint density at radius 3 is 2.89 bits per heavy atom. The zero-order chi connectivity index (χ0) is 13.6. The summed E-state index contributed by atoms with van der Waals surface area (Å²) in [4.78, 5) is 27.2. The third-order valence-corrected chi connectivity index (χ3v) is 5.54. The monoisotopic (exact) mass is 343 g/mol. The molecule has 0 radical (unpaired) electrons. The summed E-state index contributed by atoms with van der Waals surface area (Å²) < 4.78 is 4.90. The van der Waals surface area contributed by atoms with Crippen LogP contribution in [-0.2, 0) is 22.4 Å². The number of hydrogen-bond donors (Lipinski definition) is 0. The number of carbonyl (C=O) groups excluding carboxylic acids is 2. The van der Waals surface area contributed by atoms with Gasteiger partial charge in [-0.25, -0.2) is 4.79 Å². The average Bonchev–Trinajstić information content (AvgIpc) is 3.01. The molecule has 0 aromatic carbocycles. The predicted molar refractivity (Wildman–Crippen MR) is 77.4 cm³/mol. The number of halogens is 1. The number of fused-ring (bicyclic) bond motifs is 1. The molecule has 19 heavy (non-hydrogen) atoms. The maximum Gasteiger partial charge on any atom is 0.341 e. The van der Waals surface area contributed by atoms with Crippen molar-refractivity contribution in [2.45, 2.75) is 30.5 Å². The van der Waals surface area contributed by atoms with Crippen LogP contribution >= 0.6 is 27.3 Å². The molecule has 2 aliphatic rings. The van der Waals surface area contributed by atoms with Gasteiger partial charge in [-0.05, 0) is 24.8 Å². The van der Waals surface area contributed by atoms with Crippen LogP contribution in [0.5, 0.6) is 0 Å². The first-order valence-electron chi connectivity index (χ1n) is 6.29. The van der Waals surface area contributed by atoms with Crippen molar-refractivity contribution in [2.24, 2.45) is 0 Å². The number of carbonyl (C=O) groups is 2. The lowest BCUT2D eigenvalue weighted by molar-refractivity contribution is -0.116. The Hall–Kier alpha value is -0.880. The highest BCUT2D eigenvalue weighted by atomic mass is 79.9. The van der Waals surface area contributed by atoms with Crippen molar-refractivity contribution in [3.8, 4) is 0 Å². The smallest absolute Gasteiger partial charge is 0.341 e. The maximum absolute atomic E-state index is 12.0. The minimum atomic E-state index is -0.319. The Labute approximate surface area is 123 Å². The first-order valence-corrected chi connectivity index (χ1v) is 8.02. The summed E-state index contributed by atoms with van der Waals surface area (Å²) in [6.07, 6.45) is 3.49. The molecule has 1 aliphatic heterocycles. The fourth-order valence-electron chi connectivity index (χ4n) is 2.75. The molecule has 1 fully saturated rings. The molecule has 1 unspecified atom stereocenters. The van der Waals surface area contributed by atoms with Crippen molar-refractivity contribution in [1.29, 1.82) is 0 Å². The van der Waals surface area contributed by atoms with Crippen LogP contribution in [0, 0.1) is 0 Å². The van der Waals surface area contributed by atoms with Crippen molar-refractivity contribution < 1.29 is 14.3 Å². The average molecular weight is 344 g/mol. The zero-order valence-corrected chi connectivity index (χ0v) is 13.0. The molecule has 0 bridgehead atoms. The fourth-order valence-corrected chi connectivity index (χ4v) is 4.72. The van der Waals surface area contributed by atoms with Crippen molar-refractivity contribution in [2.75, 3.05) is 18.6 Å². The molecule has 6 heteroatoms. The Bertz CT molecular complexity index is 554. The lowest BCUT2D eigenvalue weighted by Crippen LogP contribution is -2.25. The Morgan fingerprint density at radius 1 is 1.47 bits per heavy atom. The van der Waals surface area contributed by atoms with Gasteiger partial charge in [0.15, 0.2) is 0 Å². The molecule has 1 atom stereocenters. The lowest BCUT2D eigenvalue weighted by Gasteiger charge is -2.16. The Balaban J connectivity index is 2.06. The van der Waals surface area contributed by atoms with E-state index in [2.05, 4.69) is 15.9 Å². The summed E-state index contributed by atoms with van der Waals surface area (Å²) in [5, 5.41) is 0.781. The number of thiophene rings is 1. The van der Waals surface area contributed by atoms with Gasteiger partial charge in [0.05, 0.1) is 12.7 Å². The van der Waals surface area contributed by atoms with E-state index in [1.807, 2.05) is 0 Å². The minimum Gasteiger partial charge on any atom is -0.465 e. The van der Waals surface area contributed by atoms with Crippen LogP contribution < -0.4 is 4.90 Å². The number of anilines is 1. The summed E-state index contributed by atoms with van der Waals surface area (Å²) >= 11 is 5.06. The summed E-state index contributed by atoms with van der Waals surface area (Å²) in [6, 6.07) is 0. The topological polar surface area (TPSA) is 46.6 Å². The van der Waals surface area contributed by atoms with E-state index in [-0.39, 0.29) is 16.7 Å². The van der Waals surface area contributed by atoms with Crippen LogP contribution in [0.15, 0.2) is 0 Å². The Kier molecular flexibility index (Phi) is 3.39. The van der Waals surface area contributed by atoms with Gasteiger partial charge in [-0.3, -0.25) is 4.79 Å².